The van der Waals surface area contributed by atoms with E-state index in [-0.39, 0.29) is 0 Å². The van der Waals surface area contributed by atoms with Crippen molar-refractivity contribution >= 4 is 17.3 Å². The lowest BCUT2D eigenvalue weighted by Crippen LogP contribution is -2.47. The summed E-state index contributed by atoms with van der Waals surface area (Å²) in [6, 6.07) is 8.59. The van der Waals surface area contributed by atoms with Gasteiger partial charge in [0.25, 0.3) is 0 Å². The Morgan fingerprint density at radius 1 is 1.06 bits per heavy atom. The Kier molecular flexibility index (Phi) is 3.01. The fraction of sp³-hybridized carbons (Fsp3) is 0.571. The van der Waals surface area contributed by atoms with Gasteiger partial charge in [0.1, 0.15) is 0 Å². The maximum absolute atomic E-state index is 6.28. The van der Waals surface area contributed by atoms with Gasteiger partial charge in [-0.1, -0.05) is 23.7 Å². The van der Waals surface area contributed by atoms with Crippen LogP contribution in [0, 0.1) is 11.8 Å². The molecule has 2 unspecified atom stereocenters. The lowest BCUT2D eigenvalue weighted by atomic mass is 9.75. The smallest absolute Gasteiger partial charge is 0.0639 e. The van der Waals surface area contributed by atoms with Gasteiger partial charge in [-0.3, -0.25) is 0 Å². The zero-order valence-corrected chi connectivity index (χ0v) is 10.7. The molecule has 2 nitrogen and oxygen atoms in total. The Labute approximate surface area is 108 Å². The summed E-state index contributed by atoms with van der Waals surface area (Å²) in [5.41, 5.74) is 7.29. The summed E-state index contributed by atoms with van der Waals surface area (Å²) in [5, 5.41) is 0.872. The standard InChI is InChI=1S/C14H19ClN2/c15-13-3-1-2-4-14(13)17-8-10-5-11(9-17)7-12(16)6-10/h1-4,10-12H,5-9,16H2. The van der Waals surface area contributed by atoms with Crippen molar-refractivity contribution in [3.63, 3.8) is 0 Å². The number of anilines is 1. The van der Waals surface area contributed by atoms with Gasteiger partial charge in [-0.25, -0.2) is 0 Å². The Bertz CT molecular complexity index is 389. The van der Waals surface area contributed by atoms with Crippen LogP contribution in [0.2, 0.25) is 5.02 Å². The minimum Gasteiger partial charge on any atom is -0.370 e. The Hall–Kier alpha value is -0.730. The van der Waals surface area contributed by atoms with Crippen molar-refractivity contribution in [2.45, 2.75) is 25.3 Å². The Balaban J connectivity index is 1.80. The van der Waals surface area contributed by atoms with Crippen LogP contribution in [-0.2, 0) is 0 Å². The summed E-state index contributed by atoms with van der Waals surface area (Å²) in [6.45, 7) is 2.24. The van der Waals surface area contributed by atoms with E-state index in [1.807, 2.05) is 12.1 Å². The number of benzene rings is 1. The molecule has 2 bridgehead atoms. The van der Waals surface area contributed by atoms with Crippen LogP contribution in [0.1, 0.15) is 19.3 Å². The molecule has 0 aromatic heterocycles. The van der Waals surface area contributed by atoms with Crippen molar-refractivity contribution in [1.29, 1.82) is 0 Å². The fourth-order valence-electron chi connectivity index (χ4n) is 3.52. The van der Waals surface area contributed by atoms with Crippen molar-refractivity contribution in [3.8, 4) is 0 Å². The molecule has 0 amide bonds. The number of nitrogens with zero attached hydrogens (tertiary/aromatic N) is 1. The zero-order valence-electron chi connectivity index (χ0n) is 9.98. The van der Waals surface area contributed by atoms with Crippen molar-refractivity contribution in [2.24, 2.45) is 17.6 Å². The summed E-state index contributed by atoms with van der Waals surface area (Å²) in [4.78, 5) is 2.45. The normalized spacial score (nSPS) is 32.6. The summed E-state index contributed by atoms with van der Waals surface area (Å²) in [6.07, 6.45) is 3.71. The molecule has 1 saturated carbocycles. The number of hydrogen-bond acceptors (Lipinski definition) is 2. The van der Waals surface area contributed by atoms with E-state index in [9.17, 15) is 0 Å². The van der Waals surface area contributed by atoms with Gasteiger partial charge in [-0.05, 0) is 43.2 Å². The lowest BCUT2D eigenvalue weighted by Gasteiger charge is -2.44. The number of rotatable bonds is 1. The highest BCUT2D eigenvalue weighted by molar-refractivity contribution is 6.33. The second-order valence-corrected chi connectivity index (χ2v) is 5.96. The molecule has 1 aromatic carbocycles. The van der Waals surface area contributed by atoms with Crippen LogP contribution < -0.4 is 10.6 Å². The zero-order chi connectivity index (χ0) is 11.8. The predicted molar refractivity (Wildman–Crippen MR) is 72.5 cm³/mol. The van der Waals surface area contributed by atoms with Gasteiger partial charge in [0, 0.05) is 19.1 Å². The molecular formula is C14H19ClN2. The second-order valence-electron chi connectivity index (χ2n) is 5.56. The van der Waals surface area contributed by atoms with E-state index in [0.717, 1.165) is 29.9 Å². The van der Waals surface area contributed by atoms with Gasteiger partial charge < -0.3 is 10.6 Å². The maximum atomic E-state index is 6.28. The molecule has 1 saturated heterocycles. The highest BCUT2D eigenvalue weighted by Crippen LogP contribution is 2.37. The van der Waals surface area contributed by atoms with Crippen LogP contribution in [-0.4, -0.2) is 19.1 Å². The van der Waals surface area contributed by atoms with Gasteiger partial charge in [0.05, 0.1) is 10.7 Å². The molecule has 2 atom stereocenters. The van der Waals surface area contributed by atoms with Gasteiger partial charge in [0.2, 0.25) is 0 Å². The van der Waals surface area contributed by atoms with Crippen molar-refractivity contribution < 1.29 is 0 Å². The topological polar surface area (TPSA) is 29.3 Å². The van der Waals surface area contributed by atoms with Crippen LogP contribution >= 0.6 is 11.6 Å². The molecule has 1 aliphatic heterocycles. The summed E-state index contributed by atoms with van der Waals surface area (Å²) in [5.74, 6) is 1.52. The van der Waals surface area contributed by atoms with Crippen molar-refractivity contribution in [2.75, 3.05) is 18.0 Å². The van der Waals surface area contributed by atoms with Crippen LogP contribution in [0.4, 0.5) is 5.69 Å². The molecule has 17 heavy (non-hydrogen) atoms. The number of fused-ring (bicyclic) bond motifs is 2. The first-order chi connectivity index (χ1) is 8.22. The number of para-hydroxylation sites is 1. The molecule has 3 rings (SSSR count). The van der Waals surface area contributed by atoms with E-state index < -0.39 is 0 Å². The predicted octanol–water partition coefficient (Wildman–Crippen LogP) is 2.90. The Morgan fingerprint density at radius 2 is 1.71 bits per heavy atom. The monoisotopic (exact) mass is 250 g/mol. The molecular weight excluding hydrogens is 232 g/mol. The molecule has 2 aliphatic rings. The van der Waals surface area contributed by atoms with Gasteiger partial charge in [0.15, 0.2) is 0 Å². The minimum atomic E-state index is 0.423. The lowest BCUT2D eigenvalue weighted by molar-refractivity contribution is 0.208. The average Bonchev–Trinajstić information content (AvgIpc) is 2.27. The minimum absolute atomic E-state index is 0.423. The number of nitrogens with two attached hydrogens (primary N) is 1. The third kappa shape index (κ3) is 2.29. The van der Waals surface area contributed by atoms with Crippen LogP contribution in [0.25, 0.3) is 0 Å². The van der Waals surface area contributed by atoms with Gasteiger partial charge in [-0.2, -0.15) is 0 Å². The average molecular weight is 251 g/mol. The highest BCUT2D eigenvalue weighted by atomic mass is 35.5. The first-order valence-electron chi connectivity index (χ1n) is 6.47. The molecule has 1 heterocycles. The SMILES string of the molecule is NC1CC2CC(C1)CN(c1ccccc1Cl)C2. The quantitative estimate of drug-likeness (QED) is 0.831. The molecule has 2 fully saturated rings. The van der Waals surface area contributed by atoms with E-state index in [2.05, 4.69) is 17.0 Å². The fourth-order valence-corrected chi connectivity index (χ4v) is 3.77. The molecule has 1 aromatic rings. The van der Waals surface area contributed by atoms with Crippen LogP contribution in [0.15, 0.2) is 24.3 Å². The maximum Gasteiger partial charge on any atom is 0.0639 e. The van der Waals surface area contributed by atoms with Crippen LogP contribution in [0.3, 0.4) is 0 Å². The molecule has 0 radical (unpaired) electrons. The summed E-state index contributed by atoms with van der Waals surface area (Å²) in [7, 11) is 0. The van der Waals surface area contributed by atoms with Crippen molar-refractivity contribution in [3.05, 3.63) is 29.3 Å². The molecule has 1 aliphatic carbocycles. The third-order valence-electron chi connectivity index (χ3n) is 4.09. The summed E-state index contributed by atoms with van der Waals surface area (Å²) >= 11 is 6.28. The molecule has 92 valence electrons. The third-order valence-corrected chi connectivity index (χ3v) is 4.41. The number of hydrogen-bond donors (Lipinski definition) is 1. The largest absolute Gasteiger partial charge is 0.370 e. The first-order valence-corrected chi connectivity index (χ1v) is 6.85. The molecule has 3 heteroatoms. The van der Waals surface area contributed by atoms with E-state index in [1.54, 1.807) is 0 Å². The second kappa shape index (κ2) is 4.51. The van der Waals surface area contributed by atoms with Crippen LogP contribution in [0.5, 0.6) is 0 Å². The first kappa shape index (κ1) is 11.4. The number of halogens is 1. The Morgan fingerprint density at radius 3 is 2.35 bits per heavy atom. The number of piperidine rings is 1. The van der Waals surface area contributed by atoms with Gasteiger partial charge >= 0.3 is 0 Å². The molecule has 0 spiro atoms. The van der Waals surface area contributed by atoms with E-state index >= 15 is 0 Å². The van der Waals surface area contributed by atoms with E-state index in [1.165, 1.54) is 24.9 Å². The van der Waals surface area contributed by atoms with Crippen molar-refractivity contribution in [1.82, 2.24) is 0 Å². The highest BCUT2D eigenvalue weighted by Gasteiger charge is 2.34. The van der Waals surface area contributed by atoms with E-state index in [4.69, 9.17) is 17.3 Å². The molecule has 2 N–H and O–H groups in total. The van der Waals surface area contributed by atoms with E-state index in [0.29, 0.717) is 6.04 Å². The van der Waals surface area contributed by atoms with Gasteiger partial charge in [-0.15, -0.1) is 0 Å². The summed E-state index contributed by atoms with van der Waals surface area (Å²) < 4.78 is 0.